The van der Waals surface area contributed by atoms with Gasteiger partial charge in [-0.05, 0) is 32.0 Å². The molecule has 4 nitrogen and oxygen atoms in total. The van der Waals surface area contributed by atoms with E-state index in [-0.39, 0.29) is 5.69 Å². The van der Waals surface area contributed by atoms with E-state index >= 15 is 0 Å². The lowest BCUT2D eigenvalue weighted by atomic mass is 10.1. The van der Waals surface area contributed by atoms with Gasteiger partial charge >= 0.3 is 6.18 Å². The Kier molecular flexibility index (Phi) is 2.71. The molecule has 0 aliphatic carbocycles. The van der Waals surface area contributed by atoms with Crippen LogP contribution in [0.3, 0.4) is 0 Å². The number of halogens is 3. The third-order valence-electron chi connectivity index (χ3n) is 2.80. The summed E-state index contributed by atoms with van der Waals surface area (Å²) in [6.07, 6.45) is -4.67. The van der Waals surface area contributed by atoms with E-state index < -0.39 is 37.1 Å². The molecule has 0 saturated heterocycles. The molecule has 1 aromatic carbocycles. The van der Waals surface area contributed by atoms with Gasteiger partial charge in [-0.25, -0.2) is 8.42 Å². The van der Waals surface area contributed by atoms with Crippen molar-refractivity contribution in [2.45, 2.75) is 30.5 Å². The Morgan fingerprint density at radius 3 is 2.32 bits per heavy atom. The highest BCUT2D eigenvalue weighted by molar-refractivity contribution is 8.06. The quantitative estimate of drug-likeness (QED) is 0.796. The van der Waals surface area contributed by atoms with Crippen molar-refractivity contribution >= 4 is 20.6 Å². The monoisotopic (exact) mass is 293 g/mol. The SMILES string of the molecule is CC1(C)Nc2ccc(C(F)(F)F)cc2S(=O)(=O)C1=O. The van der Waals surface area contributed by atoms with Gasteiger partial charge in [-0.15, -0.1) is 0 Å². The van der Waals surface area contributed by atoms with Crippen molar-refractivity contribution in [3.63, 3.8) is 0 Å². The standard InChI is InChI=1S/C11H10F3NO3S/c1-10(2)9(16)19(17,18)8-5-6(11(12,13)14)3-4-7(8)15-10/h3-5,15H,1-2H3. The van der Waals surface area contributed by atoms with Crippen molar-refractivity contribution in [3.05, 3.63) is 23.8 Å². The van der Waals surface area contributed by atoms with Crippen LogP contribution in [-0.2, 0) is 20.8 Å². The summed E-state index contributed by atoms with van der Waals surface area (Å²) in [5.74, 6) is 0. The highest BCUT2D eigenvalue weighted by atomic mass is 32.2. The van der Waals surface area contributed by atoms with E-state index in [1.165, 1.54) is 13.8 Å². The number of benzene rings is 1. The normalized spacial score (nSPS) is 20.6. The molecule has 1 N–H and O–H groups in total. The van der Waals surface area contributed by atoms with E-state index in [9.17, 15) is 26.4 Å². The van der Waals surface area contributed by atoms with Crippen molar-refractivity contribution in [2.24, 2.45) is 0 Å². The highest BCUT2D eigenvalue weighted by Crippen LogP contribution is 2.38. The van der Waals surface area contributed by atoms with Crippen LogP contribution in [0.5, 0.6) is 0 Å². The zero-order chi connectivity index (χ0) is 14.6. The zero-order valence-corrected chi connectivity index (χ0v) is 10.8. The average Bonchev–Trinajstić information content (AvgIpc) is 2.24. The average molecular weight is 293 g/mol. The molecular formula is C11H10F3NO3S. The topological polar surface area (TPSA) is 63.2 Å². The Balaban J connectivity index is 2.71. The van der Waals surface area contributed by atoms with Gasteiger partial charge in [0.05, 0.1) is 16.1 Å². The lowest BCUT2D eigenvalue weighted by Gasteiger charge is -2.31. The van der Waals surface area contributed by atoms with Crippen LogP contribution in [-0.4, -0.2) is 19.1 Å². The summed E-state index contributed by atoms with van der Waals surface area (Å²) >= 11 is 0. The molecule has 1 aromatic rings. The van der Waals surface area contributed by atoms with Gasteiger partial charge in [0.15, 0.2) is 0 Å². The number of anilines is 1. The van der Waals surface area contributed by atoms with Gasteiger partial charge in [0, 0.05) is 0 Å². The first-order valence-electron chi connectivity index (χ1n) is 5.25. The van der Waals surface area contributed by atoms with E-state index in [4.69, 9.17) is 0 Å². The number of nitrogens with one attached hydrogen (secondary N) is 1. The number of fused-ring (bicyclic) bond motifs is 1. The van der Waals surface area contributed by atoms with Gasteiger partial charge in [-0.3, -0.25) is 4.79 Å². The minimum atomic E-state index is -4.67. The van der Waals surface area contributed by atoms with Crippen molar-refractivity contribution in [2.75, 3.05) is 5.32 Å². The first-order chi connectivity index (χ1) is 8.46. The van der Waals surface area contributed by atoms with Gasteiger partial charge in [0.2, 0.25) is 9.84 Å². The summed E-state index contributed by atoms with van der Waals surface area (Å²) in [5, 5.41) is 1.48. The number of hydrogen-bond donors (Lipinski definition) is 1. The first kappa shape index (κ1) is 13.9. The van der Waals surface area contributed by atoms with Crippen LogP contribution in [0.25, 0.3) is 0 Å². The van der Waals surface area contributed by atoms with E-state index in [1.807, 2.05) is 0 Å². The molecule has 8 heteroatoms. The van der Waals surface area contributed by atoms with Gasteiger partial charge in [0.1, 0.15) is 5.54 Å². The molecule has 0 fully saturated rings. The molecule has 0 saturated carbocycles. The Labute approximate surface area is 107 Å². The Morgan fingerprint density at radius 2 is 1.79 bits per heavy atom. The van der Waals surface area contributed by atoms with Crippen molar-refractivity contribution in [1.82, 2.24) is 0 Å². The second-order valence-electron chi connectivity index (χ2n) is 4.75. The van der Waals surface area contributed by atoms with E-state index in [0.29, 0.717) is 6.07 Å². The summed E-state index contributed by atoms with van der Waals surface area (Å²) < 4.78 is 61.6. The summed E-state index contributed by atoms with van der Waals surface area (Å²) in [7, 11) is -4.41. The first-order valence-corrected chi connectivity index (χ1v) is 6.73. The van der Waals surface area contributed by atoms with Crippen LogP contribution in [0.15, 0.2) is 23.1 Å². The molecular weight excluding hydrogens is 283 g/mol. The maximum atomic E-state index is 12.6. The summed E-state index contributed by atoms with van der Waals surface area (Å²) in [5.41, 5.74) is -2.48. The number of rotatable bonds is 0. The molecule has 2 rings (SSSR count). The lowest BCUT2D eigenvalue weighted by molar-refractivity contribution is -0.137. The molecule has 19 heavy (non-hydrogen) atoms. The van der Waals surface area contributed by atoms with Crippen LogP contribution in [0.4, 0.5) is 18.9 Å². The molecule has 1 aliphatic heterocycles. The number of hydrogen-bond acceptors (Lipinski definition) is 4. The molecule has 1 aliphatic rings. The molecule has 0 radical (unpaired) electrons. The lowest BCUT2D eigenvalue weighted by Crippen LogP contribution is -2.48. The maximum absolute atomic E-state index is 12.6. The predicted octanol–water partition coefficient (Wildman–Crippen LogP) is 2.21. The molecule has 0 bridgehead atoms. The predicted molar refractivity (Wildman–Crippen MR) is 61.3 cm³/mol. The van der Waals surface area contributed by atoms with E-state index in [1.54, 1.807) is 0 Å². The van der Waals surface area contributed by atoms with Crippen molar-refractivity contribution in [1.29, 1.82) is 0 Å². The minimum Gasteiger partial charge on any atom is -0.371 e. The number of carbonyl (C=O) groups excluding carboxylic acids is 1. The summed E-state index contributed by atoms with van der Waals surface area (Å²) in [4.78, 5) is 11.1. The fraction of sp³-hybridized carbons (Fsp3) is 0.364. The van der Waals surface area contributed by atoms with Crippen molar-refractivity contribution < 1.29 is 26.4 Å². The molecule has 0 unspecified atom stereocenters. The number of sulfone groups is 1. The number of carbonyl (C=O) groups is 1. The van der Waals surface area contributed by atoms with Crippen LogP contribution < -0.4 is 5.32 Å². The zero-order valence-electron chi connectivity index (χ0n) is 10.00. The highest BCUT2D eigenvalue weighted by Gasteiger charge is 2.45. The van der Waals surface area contributed by atoms with Crippen LogP contribution in [0.2, 0.25) is 0 Å². The van der Waals surface area contributed by atoms with Gasteiger partial charge in [0.25, 0.3) is 5.12 Å². The summed E-state index contributed by atoms with van der Waals surface area (Å²) in [6.45, 7) is 2.71. The largest absolute Gasteiger partial charge is 0.416 e. The van der Waals surface area contributed by atoms with E-state index in [2.05, 4.69) is 5.32 Å². The van der Waals surface area contributed by atoms with Gasteiger partial charge in [-0.2, -0.15) is 13.2 Å². The molecule has 0 spiro atoms. The van der Waals surface area contributed by atoms with Crippen molar-refractivity contribution in [3.8, 4) is 0 Å². The summed E-state index contributed by atoms with van der Waals surface area (Å²) in [6, 6.07) is 2.27. The third kappa shape index (κ3) is 2.09. The second kappa shape index (κ2) is 3.72. The van der Waals surface area contributed by atoms with Crippen LogP contribution >= 0.6 is 0 Å². The van der Waals surface area contributed by atoms with Crippen LogP contribution in [0, 0.1) is 0 Å². The third-order valence-corrected chi connectivity index (χ3v) is 4.72. The second-order valence-corrected chi connectivity index (χ2v) is 6.57. The molecule has 104 valence electrons. The van der Waals surface area contributed by atoms with E-state index in [0.717, 1.165) is 12.1 Å². The maximum Gasteiger partial charge on any atom is 0.416 e. The van der Waals surface area contributed by atoms with Gasteiger partial charge < -0.3 is 5.32 Å². The smallest absolute Gasteiger partial charge is 0.371 e. The Morgan fingerprint density at radius 1 is 1.21 bits per heavy atom. The van der Waals surface area contributed by atoms with Crippen LogP contribution in [0.1, 0.15) is 19.4 Å². The minimum absolute atomic E-state index is 0.00222. The molecule has 0 atom stereocenters. The fourth-order valence-corrected chi connectivity index (χ4v) is 3.46. The van der Waals surface area contributed by atoms with Gasteiger partial charge in [-0.1, -0.05) is 0 Å². The Hall–Kier alpha value is -1.57. The number of alkyl halides is 3. The Bertz CT molecular complexity index is 662. The molecule has 0 amide bonds. The molecule has 1 heterocycles. The fourth-order valence-electron chi connectivity index (χ4n) is 1.85. The molecule has 0 aromatic heterocycles.